The fraction of sp³-hybridized carbons (Fsp3) is 0.619. The Balaban J connectivity index is 1.52. The molecule has 0 radical (unpaired) electrons. The monoisotopic (exact) mass is 373 g/mol. The first kappa shape index (κ1) is 19.7. The van der Waals surface area contributed by atoms with E-state index in [1.54, 1.807) is 7.11 Å². The SMILES string of the molecule is COc1ccc(C)cc1CC(=O)N1CCCC(CNC(=O)C2CCCN2)C1. The molecule has 2 unspecified atom stereocenters. The van der Waals surface area contributed by atoms with Gasteiger partial charge in [-0.1, -0.05) is 17.7 Å². The molecule has 0 bridgehead atoms. The molecule has 2 fully saturated rings. The van der Waals surface area contributed by atoms with Gasteiger partial charge in [0.1, 0.15) is 5.75 Å². The van der Waals surface area contributed by atoms with Crippen molar-refractivity contribution in [2.45, 2.75) is 45.1 Å². The van der Waals surface area contributed by atoms with Gasteiger partial charge in [-0.25, -0.2) is 0 Å². The van der Waals surface area contributed by atoms with E-state index >= 15 is 0 Å². The lowest BCUT2D eigenvalue weighted by Gasteiger charge is -2.33. The van der Waals surface area contributed by atoms with Gasteiger partial charge in [-0.3, -0.25) is 9.59 Å². The molecule has 2 aliphatic heterocycles. The maximum Gasteiger partial charge on any atom is 0.237 e. The number of rotatable bonds is 6. The van der Waals surface area contributed by atoms with Crippen LogP contribution in [-0.4, -0.2) is 56.0 Å². The fourth-order valence-electron chi connectivity index (χ4n) is 4.05. The molecule has 0 aromatic heterocycles. The molecule has 148 valence electrons. The van der Waals surface area contributed by atoms with Crippen LogP contribution in [0.15, 0.2) is 18.2 Å². The highest BCUT2D eigenvalue weighted by atomic mass is 16.5. The van der Waals surface area contributed by atoms with E-state index in [4.69, 9.17) is 4.74 Å². The van der Waals surface area contributed by atoms with E-state index in [-0.39, 0.29) is 17.9 Å². The number of ether oxygens (including phenoxy) is 1. The van der Waals surface area contributed by atoms with E-state index in [0.29, 0.717) is 25.4 Å². The second-order valence-corrected chi connectivity index (χ2v) is 7.73. The second kappa shape index (κ2) is 9.22. The highest BCUT2D eigenvalue weighted by Gasteiger charge is 2.26. The highest BCUT2D eigenvalue weighted by molar-refractivity contribution is 5.82. The van der Waals surface area contributed by atoms with Gasteiger partial charge in [-0.2, -0.15) is 0 Å². The Bertz CT molecular complexity index is 671. The first-order chi connectivity index (χ1) is 13.1. The Labute approximate surface area is 161 Å². The zero-order chi connectivity index (χ0) is 19.2. The molecule has 6 nitrogen and oxygen atoms in total. The number of amides is 2. The van der Waals surface area contributed by atoms with Crippen molar-refractivity contribution in [2.24, 2.45) is 5.92 Å². The summed E-state index contributed by atoms with van der Waals surface area (Å²) in [5.74, 6) is 1.32. The van der Waals surface area contributed by atoms with Gasteiger partial charge < -0.3 is 20.3 Å². The van der Waals surface area contributed by atoms with Crippen LogP contribution in [0.5, 0.6) is 5.75 Å². The van der Waals surface area contributed by atoms with Crippen molar-refractivity contribution in [3.63, 3.8) is 0 Å². The predicted octanol–water partition coefficient (Wildman–Crippen LogP) is 1.65. The van der Waals surface area contributed by atoms with Gasteiger partial charge in [0, 0.05) is 25.2 Å². The van der Waals surface area contributed by atoms with Crippen molar-refractivity contribution in [3.8, 4) is 5.75 Å². The zero-order valence-corrected chi connectivity index (χ0v) is 16.4. The summed E-state index contributed by atoms with van der Waals surface area (Å²) in [5.41, 5.74) is 2.06. The molecule has 27 heavy (non-hydrogen) atoms. The van der Waals surface area contributed by atoms with Crippen LogP contribution in [0, 0.1) is 12.8 Å². The van der Waals surface area contributed by atoms with Crippen LogP contribution >= 0.6 is 0 Å². The Hall–Kier alpha value is -2.08. The molecule has 2 heterocycles. The van der Waals surface area contributed by atoms with Crippen molar-refractivity contribution in [3.05, 3.63) is 29.3 Å². The maximum atomic E-state index is 12.8. The van der Waals surface area contributed by atoms with Gasteiger partial charge in [0.2, 0.25) is 11.8 Å². The third kappa shape index (κ3) is 5.22. The number of piperidine rings is 1. The minimum absolute atomic E-state index is 0.0416. The van der Waals surface area contributed by atoms with Crippen molar-refractivity contribution < 1.29 is 14.3 Å². The lowest BCUT2D eigenvalue weighted by molar-refractivity contribution is -0.132. The first-order valence-corrected chi connectivity index (χ1v) is 9.99. The maximum absolute atomic E-state index is 12.8. The summed E-state index contributed by atoms with van der Waals surface area (Å²) in [6, 6.07) is 5.89. The topological polar surface area (TPSA) is 70.7 Å². The Morgan fingerprint density at radius 3 is 2.89 bits per heavy atom. The first-order valence-electron chi connectivity index (χ1n) is 9.99. The quantitative estimate of drug-likeness (QED) is 0.796. The standard InChI is InChI=1S/C21H31N3O3/c1-15-7-8-19(27-2)17(11-15)12-20(25)24-10-4-5-16(14-24)13-23-21(26)18-6-3-9-22-18/h7-8,11,16,18,22H,3-6,9-10,12-14H2,1-2H3,(H,23,26). The molecule has 2 atom stereocenters. The molecule has 0 spiro atoms. The summed E-state index contributed by atoms with van der Waals surface area (Å²) in [6.45, 7) is 5.10. The van der Waals surface area contributed by atoms with Crippen molar-refractivity contribution in [1.82, 2.24) is 15.5 Å². The third-order valence-electron chi connectivity index (χ3n) is 5.59. The van der Waals surface area contributed by atoms with Gasteiger partial charge in [0.25, 0.3) is 0 Å². The summed E-state index contributed by atoms with van der Waals surface area (Å²) >= 11 is 0. The van der Waals surface area contributed by atoms with Crippen LogP contribution in [0.1, 0.15) is 36.8 Å². The number of methoxy groups -OCH3 is 1. The molecule has 2 N–H and O–H groups in total. The Kier molecular flexibility index (Phi) is 6.72. The van der Waals surface area contributed by atoms with Crippen LogP contribution in [0.3, 0.4) is 0 Å². The van der Waals surface area contributed by atoms with Gasteiger partial charge in [-0.15, -0.1) is 0 Å². The number of hydrogen-bond donors (Lipinski definition) is 2. The fourth-order valence-corrected chi connectivity index (χ4v) is 4.05. The van der Waals surface area contributed by atoms with Crippen LogP contribution in [0.4, 0.5) is 0 Å². The second-order valence-electron chi connectivity index (χ2n) is 7.73. The van der Waals surface area contributed by atoms with Gasteiger partial charge in [0.15, 0.2) is 0 Å². The number of nitrogens with zero attached hydrogens (tertiary/aromatic N) is 1. The van der Waals surface area contributed by atoms with E-state index < -0.39 is 0 Å². The number of hydrogen-bond acceptors (Lipinski definition) is 4. The molecular formula is C21H31N3O3. The van der Waals surface area contributed by atoms with Crippen molar-refractivity contribution in [1.29, 1.82) is 0 Å². The number of aryl methyl sites for hydroxylation is 1. The average Bonchev–Trinajstić information content (AvgIpc) is 3.21. The van der Waals surface area contributed by atoms with Crippen molar-refractivity contribution in [2.75, 3.05) is 33.3 Å². The number of likely N-dealkylation sites (tertiary alicyclic amines) is 1. The lowest BCUT2D eigenvalue weighted by Crippen LogP contribution is -2.47. The van der Waals surface area contributed by atoms with E-state index in [0.717, 1.165) is 55.6 Å². The molecule has 2 saturated heterocycles. The van der Waals surface area contributed by atoms with Gasteiger partial charge >= 0.3 is 0 Å². The van der Waals surface area contributed by atoms with Crippen LogP contribution in [0.2, 0.25) is 0 Å². The van der Waals surface area contributed by atoms with Crippen LogP contribution in [0.25, 0.3) is 0 Å². The van der Waals surface area contributed by atoms with Crippen LogP contribution in [-0.2, 0) is 16.0 Å². The molecule has 0 aliphatic carbocycles. The van der Waals surface area contributed by atoms with Crippen LogP contribution < -0.4 is 15.4 Å². The number of benzene rings is 1. The van der Waals surface area contributed by atoms with Gasteiger partial charge in [-0.05, 0) is 51.1 Å². The smallest absolute Gasteiger partial charge is 0.237 e. The normalized spacial score (nSPS) is 22.5. The van der Waals surface area contributed by atoms with Crippen molar-refractivity contribution >= 4 is 11.8 Å². The predicted molar refractivity (Wildman–Crippen MR) is 105 cm³/mol. The van der Waals surface area contributed by atoms with E-state index in [2.05, 4.69) is 10.6 Å². The Morgan fingerprint density at radius 2 is 2.15 bits per heavy atom. The summed E-state index contributed by atoms with van der Waals surface area (Å²) in [4.78, 5) is 26.9. The summed E-state index contributed by atoms with van der Waals surface area (Å²) < 4.78 is 5.40. The summed E-state index contributed by atoms with van der Waals surface area (Å²) in [6.07, 6.45) is 4.37. The highest BCUT2D eigenvalue weighted by Crippen LogP contribution is 2.22. The van der Waals surface area contributed by atoms with E-state index in [1.165, 1.54) is 0 Å². The molecule has 2 amide bonds. The number of carbonyl (C=O) groups excluding carboxylic acids is 2. The van der Waals surface area contributed by atoms with E-state index in [1.807, 2.05) is 30.0 Å². The molecule has 6 heteroatoms. The molecule has 1 aromatic rings. The molecule has 0 saturated carbocycles. The average molecular weight is 373 g/mol. The molecule has 2 aliphatic rings. The van der Waals surface area contributed by atoms with Gasteiger partial charge in [0.05, 0.1) is 19.6 Å². The molecular weight excluding hydrogens is 342 g/mol. The lowest BCUT2D eigenvalue weighted by atomic mass is 9.97. The molecule has 1 aromatic carbocycles. The summed E-state index contributed by atoms with van der Waals surface area (Å²) in [5, 5.41) is 6.30. The minimum atomic E-state index is -0.0416. The largest absolute Gasteiger partial charge is 0.496 e. The number of carbonyl (C=O) groups is 2. The number of nitrogens with one attached hydrogen (secondary N) is 2. The third-order valence-corrected chi connectivity index (χ3v) is 5.59. The molecule has 3 rings (SSSR count). The summed E-state index contributed by atoms with van der Waals surface area (Å²) in [7, 11) is 1.64. The Morgan fingerprint density at radius 1 is 1.30 bits per heavy atom. The minimum Gasteiger partial charge on any atom is -0.496 e. The zero-order valence-electron chi connectivity index (χ0n) is 16.4. The van der Waals surface area contributed by atoms with E-state index in [9.17, 15) is 9.59 Å².